The normalized spacial score (nSPS) is 11.8. The van der Waals surface area contributed by atoms with Crippen molar-refractivity contribution in [1.82, 2.24) is 0 Å². The van der Waals surface area contributed by atoms with Crippen LogP contribution in [0.1, 0.15) is 0 Å². The minimum Gasteiger partial charge on any atom is -0.217 e. The summed E-state index contributed by atoms with van der Waals surface area (Å²) in [5.41, 5.74) is 0. The topological polar surface area (TPSA) is 34.1 Å². The maximum absolute atomic E-state index is 10.8. The lowest BCUT2D eigenvalue weighted by atomic mass is 11.0. The van der Waals surface area contributed by atoms with E-state index in [4.69, 9.17) is 23.2 Å². The van der Waals surface area contributed by atoms with Gasteiger partial charge in [-0.25, -0.2) is 8.42 Å². The minimum atomic E-state index is -2.99. The van der Waals surface area contributed by atoms with Crippen molar-refractivity contribution in [2.45, 2.75) is 0 Å². The number of hydrogen-bond donors (Lipinski definition) is 0. The Bertz CT molecular complexity index is 166. The zero-order chi connectivity index (χ0) is 8.04. The molecular weight excluding hydrogens is 215 g/mol. The van der Waals surface area contributed by atoms with E-state index in [9.17, 15) is 8.42 Å². The molecule has 0 N–H and O–H groups in total. The van der Waals surface area contributed by atoms with E-state index in [1.165, 1.54) is 0 Å². The van der Waals surface area contributed by atoms with Crippen molar-refractivity contribution in [1.29, 1.82) is 0 Å². The van der Waals surface area contributed by atoms with Gasteiger partial charge in [-0.2, -0.15) is 0 Å². The van der Waals surface area contributed by atoms with E-state index >= 15 is 0 Å². The van der Waals surface area contributed by atoms with Gasteiger partial charge in [-0.15, -0.1) is 23.2 Å². The molecule has 0 unspecified atom stereocenters. The van der Waals surface area contributed by atoms with Crippen molar-refractivity contribution < 1.29 is 8.42 Å². The molecule has 0 saturated carbocycles. The molecule has 0 aromatic heterocycles. The average Bonchev–Trinajstić information content (AvgIpc) is 1.84. The van der Waals surface area contributed by atoms with Gasteiger partial charge in [0.2, 0.25) is 8.87 Å². The van der Waals surface area contributed by atoms with Crippen LogP contribution >= 0.6 is 34.0 Å². The van der Waals surface area contributed by atoms with Gasteiger partial charge in [-0.05, 0) is 10.8 Å². The van der Waals surface area contributed by atoms with Gasteiger partial charge in [-0.3, -0.25) is 0 Å². The summed E-state index contributed by atoms with van der Waals surface area (Å²) in [5.74, 6) is 0.959. The van der Waals surface area contributed by atoms with Crippen molar-refractivity contribution >= 4 is 42.9 Å². The van der Waals surface area contributed by atoms with Crippen LogP contribution in [0.5, 0.6) is 0 Å². The highest BCUT2D eigenvalue weighted by Gasteiger charge is 2.08. The Morgan fingerprint density at radius 3 is 2.20 bits per heavy atom. The van der Waals surface area contributed by atoms with Crippen molar-refractivity contribution in [3.8, 4) is 0 Å². The molecule has 0 aliphatic heterocycles. The predicted octanol–water partition coefficient (Wildman–Crippen LogP) is 1.53. The molecule has 0 radical (unpaired) electrons. The highest BCUT2D eigenvalue weighted by atomic mass is 35.5. The van der Waals surface area contributed by atoms with Crippen LogP contribution in [0.3, 0.4) is 0 Å². The van der Waals surface area contributed by atoms with Crippen LogP contribution in [-0.4, -0.2) is 31.7 Å². The Kier molecular flexibility index (Phi) is 6.01. The lowest BCUT2D eigenvalue weighted by molar-refractivity contribution is 0.611. The molecule has 0 spiro atoms. The summed E-state index contributed by atoms with van der Waals surface area (Å²) < 4.78 is 21.6. The van der Waals surface area contributed by atoms with Crippen LogP contribution < -0.4 is 0 Å². The second-order valence-corrected chi connectivity index (χ2v) is 6.62. The van der Waals surface area contributed by atoms with Crippen molar-refractivity contribution in [3.05, 3.63) is 0 Å². The lowest BCUT2D eigenvalue weighted by Gasteiger charge is -1.96. The molecule has 0 heterocycles. The first-order chi connectivity index (χ1) is 4.62. The van der Waals surface area contributed by atoms with E-state index in [2.05, 4.69) is 0 Å². The summed E-state index contributed by atoms with van der Waals surface area (Å²) >= 11 is 10.5. The van der Waals surface area contributed by atoms with E-state index < -0.39 is 8.87 Å². The van der Waals surface area contributed by atoms with Gasteiger partial charge in [0.1, 0.15) is 0 Å². The average molecular weight is 223 g/mol. The molecule has 0 aliphatic carbocycles. The summed E-state index contributed by atoms with van der Waals surface area (Å²) in [6, 6.07) is 0. The number of rotatable bonds is 5. The lowest BCUT2D eigenvalue weighted by Crippen LogP contribution is -2.03. The molecule has 0 saturated heterocycles. The molecule has 0 atom stereocenters. The van der Waals surface area contributed by atoms with Gasteiger partial charge in [0.15, 0.2) is 0 Å². The number of alkyl halides is 2. The number of hydrogen-bond acceptors (Lipinski definition) is 3. The van der Waals surface area contributed by atoms with Crippen molar-refractivity contribution in [3.63, 3.8) is 0 Å². The minimum absolute atomic E-state index is 0.0239. The van der Waals surface area contributed by atoms with Crippen molar-refractivity contribution in [2.24, 2.45) is 0 Å². The van der Waals surface area contributed by atoms with E-state index in [1.807, 2.05) is 0 Å². The van der Waals surface area contributed by atoms with Gasteiger partial charge in [0.25, 0.3) is 0 Å². The van der Waals surface area contributed by atoms with E-state index in [-0.39, 0.29) is 11.6 Å². The van der Waals surface area contributed by atoms with E-state index in [1.54, 1.807) is 0 Å². The highest BCUT2D eigenvalue weighted by molar-refractivity contribution is 8.72. The quantitative estimate of drug-likeness (QED) is 0.523. The summed E-state index contributed by atoms with van der Waals surface area (Å²) in [7, 11) is -2.13. The summed E-state index contributed by atoms with van der Waals surface area (Å²) in [5, 5.41) is 0. The first-order valence-electron chi connectivity index (χ1n) is 2.61. The first kappa shape index (κ1) is 10.9. The summed E-state index contributed by atoms with van der Waals surface area (Å²) in [6.07, 6.45) is 0. The molecular formula is C4H8Cl2O2S2. The molecule has 2 nitrogen and oxygen atoms in total. The van der Waals surface area contributed by atoms with Gasteiger partial charge in [0, 0.05) is 17.5 Å². The monoisotopic (exact) mass is 222 g/mol. The Balaban J connectivity index is 3.65. The molecule has 62 valence electrons. The smallest absolute Gasteiger partial charge is 0.202 e. The van der Waals surface area contributed by atoms with Gasteiger partial charge in [-0.1, -0.05) is 0 Å². The Morgan fingerprint density at radius 2 is 1.80 bits per heavy atom. The fourth-order valence-corrected chi connectivity index (χ4v) is 3.94. The van der Waals surface area contributed by atoms with E-state index in [0.29, 0.717) is 11.6 Å². The molecule has 6 heteroatoms. The van der Waals surface area contributed by atoms with Crippen LogP contribution in [0.4, 0.5) is 0 Å². The highest BCUT2D eigenvalue weighted by Crippen LogP contribution is 2.12. The molecule has 0 rings (SSSR count). The van der Waals surface area contributed by atoms with Crippen LogP contribution in [0.15, 0.2) is 0 Å². The first-order valence-corrected chi connectivity index (χ1v) is 6.84. The fraction of sp³-hybridized carbons (Fsp3) is 1.00. The molecule has 10 heavy (non-hydrogen) atoms. The maximum Gasteiger partial charge on any atom is 0.202 e. The van der Waals surface area contributed by atoms with Crippen LogP contribution in [0.25, 0.3) is 0 Å². The SMILES string of the molecule is O=S(=O)(CCCl)SCCCl. The molecule has 0 aliphatic rings. The second kappa shape index (κ2) is 5.52. The van der Waals surface area contributed by atoms with Crippen LogP contribution in [0, 0.1) is 0 Å². The van der Waals surface area contributed by atoms with Gasteiger partial charge >= 0.3 is 0 Å². The van der Waals surface area contributed by atoms with Crippen LogP contribution in [-0.2, 0) is 8.87 Å². The van der Waals surface area contributed by atoms with Crippen molar-refractivity contribution in [2.75, 3.05) is 23.3 Å². The molecule has 0 aromatic rings. The summed E-state index contributed by atoms with van der Waals surface area (Å²) in [6.45, 7) is 0. The molecule has 0 bridgehead atoms. The summed E-state index contributed by atoms with van der Waals surface area (Å²) in [4.78, 5) is 0. The Labute approximate surface area is 74.6 Å². The Morgan fingerprint density at radius 1 is 1.20 bits per heavy atom. The third kappa shape index (κ3) is 5.65. The molecule has 0 amide bonds. The largest absolute Gasteiger partial charge is 0.217 e. The second-order valence-electron chi connectivity index (χ2n) is 1.46. The van der Waals surface area contributed by atoms with Gasteiger partial charge in [0.05, 0.1) is 5.75 Å². The third-order valence-corrected chi connectivity index (χ3v) is 5.00. The van der Waals surface area contributed by atoms with Crippen LogP contribution in [0.2, 0.25) is 0 Å². The fourth-order valence-electron chi connectivity index (χ4n) is 0.312. The zero-order valence-electron chi connectivity index (χ0n) is 5.22. The molecule has 0 aromatic carbocycles. The predicted molar refractivity (Wildman–Crippen MR) is 47.7 cm³/mol. The molecule has 0 fully saturated rings. The van der Waals surface area contributed by atoms with Gasteiger partial charge < -0.3 is 0 Å². The zero-order valence-corrected chi connectivity index (χ0v) is 8.36. The third-order valence-electron chi connectivity index (χ3n) is 0.667. The Hall–Kier alpha value is 0.880. The van der Waals surface area contributed by atoms with E-state index in [0.717, 1.165) is 10.8 Å². The maximum atomic E-state index is 10.8. The number of halogens is 2. The standard InChI is InChI=1S/C4H8Cl2O2S2/c5-1-3-9-10(7,8)4-2-6/h1-4H2.